The minimum absolute atomic E-state index is 0.847. The first-order chi connectivity index (χ1) is 4.33. The summed E-state index contributed by atoms with van der Waals surface area (Å²) in [4.78, 5) is 0. The van der Waals surface area contributed by atoms with Gasteiger partial charge in [-0.25, -0.2) is 8.78 Å². The molecule has 0 N–H and O–H groups in total. The SMILES string of the molecule is C=C.C=CC.FCCF. The smallest absolute Gasteiger partial charge is 0.118 e. The normalized spacial score (nSPS) is 5.22. The minimum atomic E-state index is -0.847. The second-order valence-corrected chi connectivity index (χ2v) is 0.786. The summed E-state index contributed by atoms with van der Waals surface area (Å²) in [6.07, 6.45) is 1.75. The number of rotatable bonds is 1. The van der Waals surface area contributed by atoms with E-state index in [9.17, 15) is 8.78 Å². The highest BCUT2D eigenvalue weighted by Gasteiger charge is 1.65. The molecule has 0 nitrogen and oxygen atoms in total. The summed E-state index contributed by atoms with van der Waals surface area (Å²) in [5, 5.41) is 0. The van der Waals surface area contributed by atoms with E-state index >= 15 is 0 Å². The van der Waals surface area contributed by atoms with Crippen molar-refractivity contribution in [2.75, 3.05) is 13.3 Å². The van der Waals surface area contributed by atoms with E-state index in [1.54, 1.807) is 6.08 Å². The van der Waals surface area contributed by atoms with Crippen LogP contribution in [-0.4, -0.2) is 13.3 Å². The Morgan fingerprint density at radius 2 is 1.33 bits per heavy atom. The van der Waals surface area contributed by atoms with Crippen LogP contribution in [0.15, 0.2) is 25.8 Å². The molecule has 0 spiro atoms. The molecule has 0 fully saturated rings. The van der Waals surface area contributed by atoms with Gasteiger partial charge in [0.1, 0.15) is 13.3 Å². The van der Waals surface area contributed by atoms with Crippen LogP contribution in [0, 0.1) is 0 Å². The van der Waals surface area contributed by atoms with Gasteiger partial charge in [0.25, 0.3) is 0 Å². The van der Waals surface area contributed by atoms with E-state index in [4.69, 9.17) is 0 Å². The summed E-state index contributed by atoms with van der Waals surface area (Å²) in [6.45, 7) is 9.56. The Labute approximate surface area is 55.9 Å². The Balaban J connectivity index is -0.0000000646. The number of hydrogen-bond donors (Lipinski definition) is 0. The van der Waals surface area contributed by atoms with Crippen LogP contribution in [0.25, 0.3) is 0 Å². The van der Waals surface area contributed by atoms with E-state index in [1.807, 2.05) is 6.92 Å². The number of allylic oxidation sites excluding steroid dienone is 1. The molecule has 0 aromatic heterocycles. The molecule has 9 heavy (non-hydrogen) atoms. The van der Waals surface area contributed by atoms with E-state index in [2.05, 4.69) is 19.7 Å². The van der Waals surface area contributed by atoms with Crippen LogP contribution in [0.5, 0.6) is 0 Å². The molecule has 0 amide bonds. The second kappa shape index (κ2) is 53.9. The molecular formula is C7H14F2. The molecule has 0 bridgehead atoms. The van der Waals surface area contributed by atoms with Crippen molar-refractivity contribution in [1.82, 2.24) is 0 Å². The quantitative estimate of drug-likeness (QED) is 0.486. The van der Waals surface area contributed by atoms with Crippen LogP contribution in [0.4, 0.5) is 8.78 Å². The van der Waals surface area contributed by atoms with Gasteiger partial charge in [0, 0.05) is 0 Å². The lowest BCUT2D eigenvalue weighted by Gasteiger charge is -1.61. The summed E-state index contributed by atoms with van der Waals surface area (Å²) in [5.41, 5.74) is 0. The second-order valence-electron chi connectivity index (χ2n) is 0.786. The Bertz CT molecular complexity index is 33.9. The fourth-order valence-electron chi connectivity index (χ4n) is 0. The van der Waals surface area contributed by atoms with Crippen molar-refractivity contribution >= 4 is 0 Å². The highest BCUT2D eigenvalue weighted by Crippen LogP contribution is 1.63. The molecule has 0 aliphatic rings. The predicted molar refractivity (Wildman–Crippen MR) is 39.1 cm³/mol. The highest BCUT2D eigenvalue weighted by molar-refractivity contribution is 4.51. The lowest BCUT2D eigenvalue weighted by Crippen LogP contribution is -1.68. The van der Waals surface area contributed by atoms with Crippen molar-refractivity contribution in [1.29, 1.82) is 0 Å². The lowest BCUT2D eigenvalue weighted by molar-refractivity contribution is 0.380. The molecule has 0 atom stereocenters. The third kappa shape index (κ3) is 1810. The maximum absolute atomic E-state index is 10.3. The Morgan fingerprint density at radius 3 is 1.33 bits per heavy atom. The van der Waals surface area contributed by atoms with Gasteiger partial charge < -0.3 is 0 Å². The molecule has 0 aliphatic carbocycles. The predicted octanol–water partition coefficient (Wildman–Crippen LogP) is 2.92. The average molecular weight is 136 g/mol. The Hall–Kier alpha value is -0.660. The van der Waals surface area contributed by atoms with Crippen LogP contribution in [0.1, 0.15) is 6.92 Å². The van der Waals surface area contributed by atoms with Gasteiger partial charge in [-0.1, -0.05) is 6.08 Å². The molecular weight excluding hydrogens is 122 g/mol. The first-order valence-corrected chi connectivity index (χ1v) is 2.52. The monoisotopic (exact) mass is 136 g/mol. The van der Waals surface area contributed by atoms with Crippen molar-refractivity contribution in [3.8, 4) is 0 Å². The van der Waals surface area contributed by atoms with Crippen molar-refractivity contribution in [2.45, 2.75) is 6.92 Å². The van der Waals surface area contributed by atoms with E-state index in [0.717, 1.165) is 0 Å². The Morgan fingerprint density at radius 1 is 1.22 bits per heavy atom. The Kier molecular flexibility index (Phi) is 94.3. The summed E-state index contributed by atoms with van der Waals surface area (Å²) in [7, 11) is 0. The van der Waals surface area contributed by atoms with Crippen LogP contribution in [0.2, 0.25) is 0 Å². The van der Waals surface area contributed by atoms with Crippen LogP contribution >= 0.6 is 0 Å². The van der Waals surface area contributed by atoms with Gasteiger partial charge in [-0.15, -0.1) is 19.7 Å². The molecule has 0 heterocycles. The minimum Gasteiger partial charge on any atom is -0.248 e. The number of alkyl halides is 2. The largest absolute Gasteiger partial charge is 0.248 e. The molecule has 0 aromatic rings. The summed E-state index contributed by atoms with van der Waals surface area (Å²) in [5.74, 6) is 0. The zero-order valence-electron chi connectivity index (χ0n) is 5.87. The van der Waals surface area contributed by atoms with Gasteiger partial charge in [-0.3, -0.25) is 0 Å². The van der Waals surface area contributed by atoms with Crippen LogP contribution in [-0.2, 0) is 0 Å². The topological polar surface area (TPSA) is 0 Å². The van der Waals surface area contributed by atoms with Gasteiger partial charge in [-0.2, -0.15) is 0 Å². The van der Waals surface area contributed by atoms with E-state index in [-0.39, 0.29) is 0 Å². The number of halogens is 2. The molecule has 0 radical (unpaired) electrons. The molecule has 56 valence electrons. The number of hydrogen-bond acceptors (Lipinski definition) is 0. The van der Waals surface area contributed by atoms with Gasteiger partial charge in [0.15, 0.2) is 0 Å². The molecule has 0 rings (SSSR count). The standard InChI is InChI=1S/C3H6.C2H4F2.C2H4/c1-3-2;3-1-2-4;1-2/h3H,1H2,2H3;1-2H2;1-2H2. The third-order valence-electron chi connectivity index (χ3n) is 0.0714. The van der Waals surface area contributed by atoms with Gasteiger partial charge in [0.2, 0.25) is 0 Å². The van der Waals surface area contributed by atoms with E-state index in [0.29, 0.717) is 0 Å². The average Bonchev–Trinajstić information content (AvgIpc) is 1.94. The maximum Gasteiger partial charge on any atom is 0.118 e. The van der Waals surface area contributed by atoms with Crippen molar-refractivity contribution < 1.29 is 8.78 Å². The fraction of sp³-hybridized carbons (Fsp3) is 0.429. The van der Waals surface area contributed by atoms with E-state index < -0.39 is 13.3 Å². The van der Waals surface area contributed by atoms with Crippen LogP contribution in [0.3, 0.4) is 0 Å². The summed E-state index contributed by atoms with van der Waals surface area (Å²) >= 11 is 0. The summed E-state index contributed by atoms with van der Waals surface area (Å²) < 4.78 is 20.7. The highest BCUT2D eigenvalue weighted by atomic mass is 19.2. The maximum atomic E-state index is 10.3. The molecule has 0 saturated heterocycles. The zero-order valence-corrected chi connectivity index (χ0v) is 5.87. The first kappa shape index (κ1) is 15.8. The van der Waals surface area contributed by atoms with Crippen molar-refractivity contribution in [3.63, 3.8) is 0 Å². The first-order valence-electron chi connectivity index (χ1n) is 2.52. The molecule has 0 saturated carbocycles. The van der Waals surface area contributed by atoms with Crippen LogP contribution < -0.4 is 0 Å². The third-order valence-corrected chi connectivity index (χ3v) is 0.0714. The van der Waals surface area contributed by atoms with Gasteiger partial charge in [0.05, 0.1) is 0 Å². The van der Waals surface area contributed by atoms with Crippen molar-refractivity contribution in [3.05, 3.63) is 25.8 Å². The molecule has 0 aliphatic heterocycles. The van der Waals surface area contributed by atoms with Gasteiger partial charge >= 0.3 is 0 Å². The van der Waals surface area contributed by atoms with E-state index in [1.165, 1.54) is 0 Å². The lowest BCUT2D eigenvalue weighted by atomic mass is 10.8. The molecule has 2 heteroatoms. The molecule has 0 unspecified atom stereocenters. The van der Waals surface area contributed by atoms with Gasteiger partial charge in [-0.05, 0) is 6.92 Å². The molecule has 0 aromatic carbocycles. The summed E-state index contributed by atoms with van der Waals surface area (Å²) in [6, 6.07) is 0. The fourth-order valence-corrected chi connectivity index (χ4v) is 0. The van der Waals surface area contributed by atoms with Crippen molar-refractivity contribution in [2.24, 2.45) is 0 Å². The zero-order chi connectivity index (χ0) is 8.12.